The van der Waals surface area contributed by atoms with Crippen molar-refractivity contribution in [3.8, 4) is 27.9 Å². The highest BCUT2D eigenvalue weighted by atomic mass is 15.2. The van der Waals surface area contributed by atoms with Gasteiger partial charge in [-0.1, -0.05) is 218 Å². The van der Waals surface area contributed by atoms with Gasteiger partial charge >= 0.3 is 0 Å². The van der Waals surface area contributed by atoms with Crippen LogP contribution in [0.5, 0.6) is 0 Å². The third kappa shape index (κ3) is 4.66. The summed E-state index contributed by atoms with van der Waals surface area (Å²) < 4.78 is 2.56. The molecule has 2 heteroatoms. The summed E-state index contributed by atoms with van der Waals surface area (Å²) in [6, 6.07) is 95.8. The van der Waals surface area contributed by atoms with Gasteiger partial charge in [-0.25, -0.2) is 0 Å². The Morgan fingerprint density at radius 2 is 0.838 bits per heavy atom. The first-order valence-electron chi connectivity index (χ1n) is 23.8. The molecule has 68 heavy (non-hydrogen) atoms. The summed E-state index contributed by atoms with van der Waals surface area (Å²) >= 11 is 0. The predicted molar refractivity (Wildman–Crippen MR) is 281 cm³/mol. The molecule has 1 spiro atoms. The first-order chi connectivity index (χ1) is 33.8. The number of nitrogens with zero attached hydrogens (tertiary/aromatic N) is 2. The number of rotatable bonds is 5. The molecule has 0 saturated heterocycles. The van der Waals surface area contributed by atoms with Crippen molar-refractivity contribution >= 4 is 49.6 Å². The SMILES string of the molecule is c1ccc(C2(c3ccccc3)c3ccccc3-c3c(N(c4cc5c6c(c4)c4ccccc4n6-c4ccccc4C54c5ccccc5-c5ccccc54)c4cccc5ccccc45)cccc32)cc1. The van der Waals surface area contributed by atoms with Gasteiger partial charge in [0.05, 0.1) is 38.9 Å². The number of para-hydroxylation sites is 2. The lowest BCUT2D eigenvalue weighted by Crippen LogP contribution is -2.33. The van der Waals surface area contributed by atoms with Crippen LogP contribution in [-0.4, -0.2) is 4.57 Å². The van der Waals surface area contributed by atoms with Gasteiger partial charge < -0.3 is 9.47 Å². The van der Waals surface area contributed by atoms with Crippen LogP contribution in [0, 0.1) is 0 Å². The van der Waals surface area contributed by atoms with Crippen LogP contribution in [0.15, 0.2) is 255 Å². The molecule has 316 valence electrons. The maximum atomic E-state index is 2.60. The molecule has 0 N–H and O–H groups in total. The molecule has 11 aromatic carbocycles. The van der Waals surface area contributed by atoms with E-state index >= 15 is 0 Å². The summed E-state index contributed by atoms with van der Waals surface area (Å²) in [6.07, 6.45) is 0. The number of aromatic nitrogens is 1. The molecule has 2 heterocycles. The lowest BCUT2D eigenvalue weighted by atomic mass is 9.65. The van der Waals surface area contributed by atoms with E-state index < -0.39 is 10.8 Å². The van der Waals surface area contributed by atoms with Crippen LogP contribution in [-0.2, 0) is 10.8 Å². The monoisotopic (exact) mass is 862 g/mol. The molecule has 0 radical (unpaired) electrons. The van der Waals surface area contributed by atoms with E-state index in [0.29, 0.717) is 0 Å². The quantitative estimate of drug-likeness (QED) is 0.167. The van der Waals surface area contributed by atoms with E-state index in [9.17, 15) is 0 Å². The number of anilines is 3. The predicted octanol–water partition coefficient (Wildman–Crippen LogP) is 16.4. The van der Waals surface area contributed by atoms with Gasteiger partial charge in [0, 0.05) is 27.4 Å². The van der Waals surface area contributed by atoms with E-state index in [-0.39, 0.29) is 0 Å². The largest absolute Gasteiger partial charge is 0.309 e. The van der Waals surface area contributed by atoms with Crippen molar-refractivity contribution in [1.29, 1.82) is 0 Å². The molecule has 3 aliphatic rings. The second-order valence-corrected chi connectivity index (χ2v) is 18.7. The van der Waals surface area contributed by atoms with E-state index in [2.05, 4.69) is 264 Å². The molecule has 0 unspecified atom stereocenters. The molecule has 0 amide bonds. The average Bonchev–Trinajstić information content (AvgIpc) is 4.02. The Kier molecular flexibility index (Phi) is 7.67. The van der Waals surface area contributed by atoms with Crippen molar-refractivity contribution in [3.05, 3.63) is 299 Å². The standard InChI is InChI=1S/C66H42N2/c1-3-23-44(24-4-1)65(45-25-5-2-6-26-45)55-34-15-11-31-51(55)63-57(65)36-20-40-62(63)67(59-39-19-22-43-21-7-8-27-47(43)59)46-41-52-50-30-12-17-37-60(50)68-61-38-18-16-35-56(61)66(58(42-46)64(52)68)53-32-13-9-28-48(53)49-29-10-14-33-54(49)66/h1-42H. The van der Waals surface area contributed by atoms with Gasteiger partial charge in [-0.15, -0.1) is 0 Å². The van der Waals surface area contributed by atoms with Gasteiger partial charge in [-0.05, 0) is 103 Å². The number of fused-ring (bicyclic) bond motifs is 16. The lowest BCUT2D eigenvalue weighted by Gasteiger charge is -2.40. The Labute approximate surface area is 395 Å². The van der Waals surface area contributed by atoms with E-state index in [4.69, 9.17) is 0 Å². The molecule has 1 aliphatic heterocycles. The smallest absolute Gasteiger partial charge is 0.0755 e. The minimum absolute atomic E-state index is 0.552. The Bertz CT molecular complexity index is 3960. The van der Waals surface area contributed by atoms with E-state index in [1.165, 1.54) is 105 Å². The van der Waals surface area contributed by atoms with Crippen LogP contribution in [0.1, 0.15) is 44.5 Å². The molecule has 2 aliphatic carbocycles. The fourth-order valence-corrected chi connectivity index (χ4v) is 13.2. The van der Waals surface area contributed by atoms with E-state index in [1.807, 2.05) is 0 Å². The van der Waals surface area contributed by atoms with Crippen LogP contribution in [0.4, 0.5) is 17.1 Å². The molecular weight excluding hydrogens is 821 g/mol. The van der Waals surface area contributed by atoms with Gasteiger partial charge in [0.15, 0.2) is 0 Å². The zero-order chi connectivity index (χ0) is 44.6. The highest BCUT2D eigenvalue weighted by molar-refractivity contribution is 6.15. The minimum atomic E-state index is -0.589. The third-order valence-electron chi connectivity index (χ3n) is 15.6. The Morgan fingerprint density at radius 1 is 0.324 bits per heavy atom. The van der Waals surface area contributed by atoms with Crippen LogP contribution in [0.3, 0.4) is 0 Å². The molecule has 0 atom stereocenters. The van der Waals surface area contributed by atoms with Gasteiger partial charge in [0.25, 0.3) is 0 Å². The van der Waals surface area contributed by atoms with Crippen molar-refractivity contribution in [2.24, 2.45) is 0 Å². The number of hydrogen-bond acceptors (Lipinski definition) is 1. The topological polar surface area (TPSA) is 8.17 Å². The summed E-state index contributed by atoms with van der Waals surface area (Å²) in [7, 11) is 0. The van der Waals surface area contributed by atoms with Gasteiger partial charge in [-0.3, -0.25) is 0 Å². The fraction of sp³-hybridized carbons (Fsp3) is 0.0303. The van der Waals surface area contributed by atoms with Crippen molar-refractivity contribution in [1.82, 2.24) is 4.57 Å². The van der Waals surface area contributed by atoms with Crippen molar-refractivity contribution < 1.29 is 0 Å². The van der Waals surface area contributed by atoms with Crippen LogP contribution >= 0.6 is 0 Å². The van der Waals surface area contributed by atoms with Crippen LogP contribution < -0.4 is 4.90 Å². The summed E-state index contributed by atoms with van der Waals surface area (Å²) in [5, 5.41) is 4.88. The molecule has 0 fully saturated rings. The minimum Gasteiger partial charge on any atom is -0.309 e. The van der Waals surface area contributed by atoms with E-state index in [0.717, 1.165) is 17.1 Å². The molecule has 0 bridgehead atoms. The zero-order valence-electron chi connectivity index (χ0n) is 37.1. The molecule has 15 rings (SSSR count). The summed E-state index contributed by atoms with van der Waals surface area (Å²) in [4.78, 5) is 2.60. The summed E-state index contributed by atoms with van der Waals surface area (Å²) in [6.45, 7) is 0. The number of benzene rings is 11. The van der Waals surface area contributed by atoms with Gasteiger partial charge in [0.1, 0.15) is 0 Å². The summed E-state index contributed by atoms with van der Waals surface area (Å²) in [5.74, 6) is 0. The zero-order valence-corrected chi connectivity index (χ0v) is 37.1. The first kappa shape index (κ1) is 37.5. The maximum Gasteiger partial charge on any atom is 0.0755 e. The Morgan fingerprint density at radius 3 is 1.56 bits per heavy atom. The second kappa shape index (κ2) is 13.9. The molecular formula is C66H42N2. The molecule has 1 aromatic heterocycles. The lowest BCUT2D eigenvalue weighted by molar-refractivity contribution is 0.748. The van der Waals surface area contributed by atoms with Crippen LogP contribution in [0.25, 0.3) is 60.5 Å². The second-order valence-electron chi connectivity index (χ2n) is 18.7. The molecule has 12 aromatic rings. The molecule has 0 saturated carbocycles. The highest BCUT2D eigenvalue weighted by Gasteiger charge is 2.52. The third-order valence-corrected chi connectivity index (χ3v) is 15.6. The Hall–Kier alpha value is -8.72. The summed E-state index contributed by atoms with van der Waals surface area (Å²) in [5.41, 5.74) is 21.4. The normalized spacial score (nSPS) is 14.1. The van der Waals surface area contributed by atoms with Gasteiger partial charge in [0.2, 0.25) is 0 Å². The molecule has 2 nitrogen and oxygen atoms in total. The van der Waals surface area contributed by atoms with Crippen molar-refractivity contribution in [3.63, 3.8) is 0 Å². The first-order valence-corrected chi connectivity index (χ1v) is 23.8. The van der Waals surface area contributed by atoms with Gasteiger partial charge in [-0.2, -0.15) is 0 Å². The van der Waals surface area contributed by atoms with E-state index in [1.54, 1.807) is 0 Å². The van der Waals surface area contributed by atoms with Crippen molar-refractivity contribution in [2.45, 2.75) is 10.8 Å². The fourth-order valence-electron chi connectivity index (χ4n) is 13.2. The highest BCUT2D eigenvalue weighted by Crippen LogP contribution is 2.63. The Balaban J connectivity index is 1.12. The number of hydrogen-bond donors (Lipinski definition) is 0. The average molecular weight is 863 g/mol. The van der Waals surface area contributed by atoms with Crippen molar-refractivity contribution in [2.75, 3.05) is 4.90 Å². The maximum absolute atomic E-state index is 2.60. The van der Waals surface area contributed by atoms with Crippen LogP contribution in [0.2, 0.25) is 0 Å².